The number of unbranched alkanes of at least 4 members (excludes halogenated alkanes) is 2. The molecule has 6 atom stereocenters. The highest BCUT2D eigenvalue weighted by molar-refractivity contribution is 5.71. The van der Waals surface area contributed by atoms with Crippen molar-refractivity contribution >= 4 is 11.9 Å². The molecule has 0 radical (unpaired) electrons. The average molecular weight is 491 g/mol. The van der Waals surface area contributed by atoms with Crippen molar-refractivity contribution in [3.63, 3.8) is 0 Å². The Morgan fingerprint density at radius 1 is 1.14 bits per heavy atom. The number of benzene rings is 1. The minimum atomic E-state index is -0.781. The van der Waals surface area contributed by atoms with E-state index < -0.39 is 11.9 Å². The van der Waals surface area contributed by atoms with Crippen molar-refractivity contribution in [3.8, 4) is 5.75 Å². The van der Waals surface area contributed by atoms with E-state index in [1.54, 1.807) is 0 Å². The normalized spacial score (nSPS) is 24.8. The largest absolute Gasteiger partial charge is 0.482 e. The third kappa shape index (κ3) is 7.94. The number of carbonyl (C=O) groups is 2. The van der Waals surface area contributed by atoms with Crippen molar-refractivity contribution in [2.75, 3.05) is 6.61 Å². The van der Waals surface area contributed by atoms with Crippen LogP contribution in [0, 0.1) is 17.8 Å². The lowest BCUT2D eigenvalue weighted by atomic mass is 9.73. The van der Waals surface area contributed by atoms with Gasteiger partial charge in [0.15, 0.2) is 6.61 Å². The standard InChI is InChI=1S/C28H42O7/c1-3-21(29)12-13-22-23-14-19-9-7-10-26(24(19)15-20(23)16-25(22)30)34-17-28(33)35-18(2)8-5-4-6-11-27(31)32/h7,9-10,18,20-23,25,29-30H,3-6,8,11-17H2,1-2H3,(H,31,32)/t18?,20-,21-,22+,23-,25+/m0/s1. The van der Waals surface area contributed by atoms with Crippen LogP contribution in [0.1, 0.15) is 82.8 Å². The number of aliphatic hydroxyl groups excluding tert-OH is 2. The number of ether oxygens (including phenoxy) is 2. The summed E-state index contributed by atoms with van der Waals surface area (Å²) in [7, 11) is 0. The van der Waals surface area contributed by atoms with Crippen LogP contribution in [0.5, 0.6) is 5.75 Å². The van der Waals surface area contributed by atoms with Gasteiger partial charge in [-0.25, -0.2) is 4.79 Å². The summed E-state index contributed by atoms with van der Waals surface area (Å²) < 4.78 is 11.4. The zero-order chi connectivity index (χ0) is 25.4. The van der Waals surface area contributed by atoms with Crippen LogP contribution in [0.25, 0.3) is 0 Å². The second kappa shape index (κ2) is 13.3. The van der Waals surface area contributed by atoms with Gasteiger partial charge in [0, 0.05) is 6.42 Å². The fourth-order valence-corrected chi connectivity index (χ4v) is 5.87. The van der Waals surface area contributed by atoms with E-state index in [2.05, 4.69) is 6.07 Å². The number of aliphatic carboxylic acids is 1. The van der Waals surface area contributed by atoms with E-state index in [-0.39, 0.29) is 37.3 Å². The van der Waals surface area contributed by atoms with Crippen molar-refractivity contribution in [3.05, 3.63) is 29.3 Å². The molecule has 0 aliphatic heterocycles. The second-order valence-corrected chi connectivity index (χ2v) is 10.4. The number of carbonyl (C=O) groups excluding carboxylic acids is 1. The summed E-state index contributed by atoms with van der Waals surface area (Å²) in [5.41, 5.74) is 2.36. The van der Waals surface area contributed by atoms with Gasteiger partial charge in [0.25, 0.3) is 0 Å². The third-order valence-corrected chi connectivity index (χ3v) is 7.83. The fourth-order valence-electron chi connectivity index (χ4n) is 5.87. The van der Waals surface area contributed by atoms with Gasteiger partial charge in [-0.05, 0) is 99.7 Å². The van der Waals surface area contributed by atoms with E-state index in [1.807, 2.05) is 26.0 Å². The first-order valence-corrected chi connectivity index (χ1v) is 13.3. The molecule has 1 unspecified atom stereocenters. The lowest BCUT2D eigenvalue weighted by Gasteiger charge is -2.32. The molecule has 3 rings (SSSR count). The highest BCUT2D eigenvalue weighted by atomic mass is 16.6. The maximum absolute atomic E-state index is 12.3. The van der Waals surface area contributed by atoms with Crippen molar-refractivity contribution in [1.29, 1.82) is 0 Å². The van der Waals surface area contributed by atoms with Crippen LogP contribution in [0.4, 0.5) is 0 Å². The summed E-state index contributed by atoms with van der Waals surface area (Å²) in [6, 6.07) is 5.98. The van der Waals surface area contributed by atoms with Gasteiger partial charge in [0.1, 0.15) is 5.75 Å². The molecule has 1 aromatic carbocycles. The lowest BCUT2D eigenvalue weighted by molar-refractivity contribution is -0.151. The summed E-state index contributed by atoms with van der Waals surface area (Å²) >= 11 is 0. The van der Waals surface area contributed by atoms with E-state index in [4.69, 9.17) is 14.6 Å². The minimum Gasteiger partial charge on any atom is -0.482 e. The Bertz CT molecular complexity index is 839. The monoisotopic (exact) mass is 490 g/mol. The van der Waals surface area contributed by atoms with E-state index in [0.717, 1.165) is 62.7 Å². The van der Waals surface area contributed by atoms with Crippen LogP contribution in [-0.2, 0) is 27.2 Å². The van der Waals surface area contributed by atoms with Gasteiger partial charge in [0.2, 0.25) is 0 Å². The van der Waals surface area contributed by atoms with Crippen molar-refractivity contribution in [2.24, 2.45) is 17.8 Å². The zero-order valence-electron chi connectivity index (χ0n) is 21.2. The summed E-state index contributed by atoms with van der Waals surface area (Å²) in [4.78, 5) is 22.9. The molecule has 196 valence electrons. The molecule has 7 nitrogen and oxygen atoms in total. The molecule has 35 heavy (non-hydrogen) atoms. The maximum atomic E-state index is 12.3. The number of esters is 1. The Kier molecular flexibility index (Phi) is 10.4. The van der Waals surface area contributed by atoms with Crippen molar-refractivity contribution in [1.82, 2.24) is 0 Å². The van der Waals surface area contributed by atoms with Crippen LogP contribution >= 0.6 is 0 Å². The van der Waals surface area contributed by atoms with E-state index in [9.17, 15) is 19.8 Å². The fraction of sp³-hybridized carbons (Fsp3) is 0.714. The molecule has 0 heterocycles. The van der Waals surface area contributed by atoms with Gasteiger partial charge in [-0.15, -0.1) is 0 Å². The molecule has 1 aromatic rings. The summed E-state index contributed by atoms with van der Waals surface area (Å²) in [5, 5.41) is 29.4. The van der Waals surface area contributed by atoms with E-state index >= 15 is 0 Å². The smallest absolute Gasteiger partial charge is 0.344 e. The topological polar surface area (TPSA) is 113 Å². The predicted octanol–water partition coefficient (Wildman–Crippen LogP) is 4.30. The first-order chi connectivity index (χ1) is 16.8. The predicted molar refractivity (Wildman–Crippen MR) is 132 cm³/mol. The molecule has 0 aromatic heterocycles. The van der Waals surface area contributed by atoms with Gasteiger partial charge in [0.05, 0.1) is 18.3 Å². The summed E-state index contributed by atoms with van der Waals surface area (Å²) in [6.45, 7) is 3.69. The number of carboxylic acids is 1. The first-order valence-electron chi connectivity index (χ1n) is 13.3. The molecular formula is C28H42O7. The average Bonchev–Trinajstić information content (AvgIpc) is 3.12. The summed E-state index contributed by atoms with van der Waals surface area (Å²) in [6.07, 6.45) is 7.12. The van der Waals surface area contributed by atoms with Crippen LogP contribution < -0.4 is 4.74 Å². The Morgan fingerprint density at radius 3 is 2.69 bits per heavy atom. The second-order valence-electron chi connectivity index (χ2n) is 10.4. The van der Waals surface area contributed by atoms with Gasteiger partial charge < -0.3 is 24.8 Å². The zero-order valence-corrected chi connectivity index (χ0v) is 21.2. The van der Waals surface area contributed by atoms with Gasteiger partial charge >= 0.3 is 11.9 Å². The number of fused-ring (bicyclic) bond motifs is 2. The first kappa shape index (κ1) is 27.5. The quantitative estimate of drug-likeness (QED) is 0.263. The lowest BCUT2D eigenvalue weighted by Crippen LogP contribution is -2.28. The van der Waals surface area contributed by atoms with E-state index in [0.29, 0.717) is 24.7 Å². The van der Waals surface area contributed by atoms with Crippen LogP contribution in [0.3, 0.4) is 0 Å². The Labute approximate surface area is 208 Å². The highest BCUT2D eigenvalue weighted by Crippen LogP contribution is 2.48. The van der Waals surface area contributed by atoms with Gasteiger partial charge in [-0.3, -0.25) is 4.79 Å². The molecule has 7 heteroatoms. The van der Waals surface area contributed by atoms with Crippen molar-refractivity contribution < 1.29 is 34.4 Å². The van der Waals surface area contributed by atoms with Crippen LogP contribution in [0.2, 0.25) is 0 Å². The molecule has 0 bridgehead atoms. The van der Waals surface area contributed by atoms with Crippen LogP contribution in [-0.4, -0.2) is 52.2 Å². The molecule has 0 spiro atoms. The molecule has 2 aliphatic rings. The SMILES string of the molecule is CC[C@H](O)CC[C@@H]1[C@H]2Cc3cccc(OCC(=O)OC(C)CCCCCC(=O)O)c3C[C@H]2C[C@H]1O. The highest BCUT2D eigenvalue weighted by Gasteiger charge is 2.44. The molecule has 2 aliphatic carbocycles. The molecule has 0 amide bonds. The number of hydrogen-bond donors (Lipinski definition) is 3. The summed E-state index contributed by atoms with van der Waals surface area (Å²) in [5.74, 6) is 0.562. The molecule has 1 saturated carbocycles. The third-order valence-electron chi connectivity index (χ3n) is 7.83. The molecule has 1 fully saturated rings. The Balaban J connectivity index is 1.49. The molecule has 3 N–H and O–H groups in total. The van der Waals surface area contributed by atoms with E-state index in [1.165, 1.54) is 5.56 Å². The number of rotatable bonds is 14. The van der Waals surface area contributed by atoms with Gasteiger partial charge in [-0.1, -0.05) is 25.5 Å². The number of carboxylic acid groups (broad SMARTS) is 1. The minimum absolute atomic E-state index is 0.145. The number of aliphatic hydroxyl groups is 2. The Morgan fingerprint density at radius 2 is 1.94 bits per heavy atom. The Hall–Kier alpha value is -2.12. The number of hydrogen-bond acceptors (Lipinski definition) is 6. The van der Waals surface area contributed by atoms with Crippen LogP contribution in [0.15, 0.2) is 18.2 Å². The molecule has 0 saturated heterocycles. The van der Waals surface area contributed by atoms with Crippen molar-refractivity contribution in [2.45, 2.75) is 103 Å². The maximum Gasteiger partial charge on any atom is 0.344 e. The van der Waals surface area contributed by atoms with Gasteiger partial charge in [-0.2, -0.15) is 0 Å². The molecular weight excluding hydrogens is 448 g/mol.